The molecule has 0 bridgehead atoms. The van der Waals surface area contributed by atoms with Crippen LogP contribution in [0.2, 0.25) is 0 Å². The zero-order valence-electron chi connectivity index (χ0n) is 11.3. The third-order valence-electron chi connectivity index (χ3n) is 4.19. The van der Waals surface area contributed by atoms with Crippen LogP contribution in [0.15, 0.2) is 0 Å². The van der Waals surface area contributed by atoms with Crippen molar-refractivity contribution >= 4 is 5.97 Å². The molecule has 104 valence electrons. The normalized spacial score (nSPS) is 19.4. The van der Waals surface area contributed by atoms with Gasteiger partial charge in [0.25, 0.3) is 0 Å². The quantitative estimate of drug-likeness (QED) is 0.778. The van der Waals surface area contributed by atoms with Crippen LogP contribution in [0.4, 0.5) is 0 Å². The Bertz CT molecular complexity index is 450. The molecule has 1 saturated carbocycles. The average molecular weight is 263 g/mol. The molecule has 1 aliphatic carbocycles. The van der Waals surface area contributed by atoms with E-state index in [-0.39, 0.29) is 11.9 Å². The van der Waals surface area contributed by atoms with Crippen LogP contribution in [-0.4, -0.2) is 27.3 Å². The maximum Gasteiger partial charge on any atom is 0.308 e. The number of fused-ring (bicyclic) bond motifs is 1. The molecule has 3 rings (SSSR count). The number of nitrogens with zero attached hydrogens (tertiary/aromatic N) is 3. The van der Waals surface area contributed by atoms with Gasteiger partial charge in [-0.15, -0.1) is 10.2 Å². The monoisotopic (exact) mass is 263 g/mol. The van der Waals surface area contributed by atoms with Gasteiger partial charge in [-0.05, 0) is 25.7 Å². The van der Waals surface area contributed by atoms with E-state index < -0.39 is 0 Å². The van der Waals surface area contributed by atoms with Crippen molar-refractivity contribution in [2.24, 2.45) is 5.92 Å². The topological polar surface area (TPSA) is 57.0 Å². The van der Waals surface area contributed by atoms with E-state index >= 15 is 0 Å². The lowest BCUT2D eigenvalue weighted by Gasteiger charge is -2.15. The van der Waals surface area contributed by atoms with Gasteiger partial charge in [0, 0.05) is 19.4 Å². The summed E-state index contributed by atoms with van der Waals surface area (Å²) in [6.45, 7) is 1.45. The summed E-state index contributed by atoms with van der Waals surface area (Å²) in [6, 6.07) is 0. The van der Waals surface area contributed by atoms with Gasteiger partial charge in [-0.25, -0.2) is 0 Å². The third-order valence-corrected chi connectivity index (χ3v) is 4.19. The van der Waals surface area contributed by atoms with E-state index in [1.807, 2.05) is 0 Å². The Morgan fingerprint density at radius 1 is 1.21 bits per heavy atom. The highest BCUT2D eigenvalue weighted by Crippen LogP contribution is 2.25. The smallest absolute Gasteiger partial charge is 0.308 e. The first-order valence-electron chi connectivity index (χ1n) is 7.42. The van der Waals surface area contributed by atoms with Gasteiger partial charge in [-0.1, -0.05) is 12.8 Å². The van der Waals surface area contributed by atoms with Gasteiger partial charge in [0.2, 0.25) is 0 Å². The number of aromatic nitrogens is 3. The highest BCUT2D eigenvalue weighted by atomic mass is 16.5. The van der Waals surface area contributed by atoms with Gasteiger partial charge in [-0.3, -0.25) is 4.79 Å². The van der Waals surface area contributed by atoms with Gasteiger partial charge in [0.1, 0.15) is 11.6 Å². The lowest BCUT2D eigenvalue weighted by molar-refractivity contribution is -0.148. The van der Waals surface area contributed by atoms with Crippen molar-refractivity contribution in [1.82, 2.24) is 14.8 Å². The lowest BCUT2D eigenvalue weighted by atomic mass is 10.1. The Morgan fingerprint density at radius 3 is 2.89 bits per heavy atom. The molecule has 1 aromatic heterocycles. The van der Waals surface area contributed by atoms with E-state index in [1.54, 1.807) is 0 Å². The van der Waals surface area contributed by atoms with E-state index in [2.05, 4.69) is 14.8 Å². The van der Waals surface area contributed by atoms with Gasteiger partial charge >= 0.3 is 5.97 Å². The van der Waals surface area contributed by atoms with Crippen molar-refractivity contribution in [3.63, 3.8) is 0 Å². The number of carbonyl (C=O) groups is 1. The summed E-state index contributed by atoms with van der Waals surface area (Å²) in [4.78, 5) is 11.8. The molecule has 0 radical (unpaired) electrons. The third kappa shape index (κ3) is 2.80. The largest absolute Gasteiger partial charge is 0.465 e. The molecule has 1 fully saturated rings. The number of rotatable bonds is 4. The average Bonchev–Trinajstić information content (AvgIpc) is 3.08. The highest BCUT2D eigenvalue weighted by molar-refractivity contribution is 5.72. The second-order valence-electron chi connectivity index (χ2n) is 5.54. The molecule has 19 heavy (non-hydrogen) atoms. The van der Waals surface area contributed by atoms with Crippen molar-refractivity contribution < 1.29 is 9.53 Å². The fourth-order valence-electron chi connectivity index (χ4n) is 3.08. The van der Waals surface area contributed by atoms with Crippen LogP contribution in [0, 0.1) is 5.92 Å². The SMILES string of the molecule is O=C(OCCc1nnc2n1CCCC2)C1CCCC1. The minimum absolute atomic E-state index is 0.0177. The number of hydrogen-bond donors (Lipinski definition) is 0. The molecule has 0 N–H and O–H groups in total. The second-order valence-corrected chi connectivity index (χ2v) is 5.54. The maximum atomic E-state index is 11.8. The van der Waals surface area contributed by atoms with Gasteiger partial charge in [-0.2, -0.15) is 0 Å². The molecule has 2 heterocycles. The van der Waals surface area contributed by atoms with Crippen LogP contribution in [0.5, 0.6) is 0 Å². The fraction of sp³-hybridized carbons (Fsp3) is 0.786. The molecular formula is C14H21N3O2. The summed E-state index contributed by atoms with van der Waals surface area (Å²) in [6.07, 6.45) is 8.43. The molecule has 0 aromatic carbocycles. The van der Waals surface area contributed by atoms with Crippen molar-refractivity contribution in [3.05, 3.63) is 11.6 Å². The first kappa shape index (κ1) is 12.6. The summed E-state index contributed by atoms with van der Waals surface area (Å²) in [5, 5.41) is 8.42. The van der Waals surface area contributed by atoms with Crippen LogP contribution in [0.3, 0.4) is 0 Å². The Balaban J connectivity index is 1.49. The molecule has 2 aliphatic rings. The standard InChI is InChI=1S/C14H21N3O2/c18-14(11-5-1-2-6-11)19-10-8-13-16-15-12-7-3-4-9-17(12)13/h11H,1-10H2. The predicted octanol–water partition coefficient (Wildman–Crippen LogP) is 1.89. The summed E-state index contributed by atoms with van der Waals surface area (Å²) in [5.41, 5.74) is 0. The molecule has 0 saturated heterocycles. The molecule has 5 heteroatoms. The summed E-state index contributed by atoms with van der Waals surface area (Å²) < 4.78 is 7.56. The fourth-order valence-corrected chi connectivity index (χ4v) is 3.08. The van der Waals surface area contributed by atoms with E-state index in [0.717, 1.165) is 50.3 Å². The van der Waals surface area contributed by atoms with Crippen LogP contribution in [0.25, 0.3) is 0 Å². The first-order valence-corrected chi connectivity index (χ1v) is 7.42. The number of esters is 1. The molecule has 1 aromatic rings. The van der Waals surface area contributed by atoms with Crippen LogP contribution in [-0.2, 0) is 28.9 Å². The molecular weight excluding hydrogens is 242 g/mol. The summed E-state index contributed by atoms with van der Waals surface area (Å²) >= 11 is 0. The van der Waals surface area contributed by atoms with E-state index in [0.29, 0.717) is 13.0 Å². The van der Waals surface area contributed by atoms with E-state index in [4.69, 9.17) is 4.74 Å². The van der Waals surface area contributed by atoms with Crippen LogP contribution in [0.1, 0.15) is 50.2 Å². The Labute approximate surface area is 113 Å². The highest BCUT2D eigenvalue weighted by Gasteiger charge is 2.24. The Hall–Kier alpha value is -1.39. The van der Waals surface area contributed by atoms with Crippen molar-refractivity contribution in [2.45, 2.75) is 57.9 Å². The number of hydrogen-bond acceptors (Lipinski definition) is 4. The summed E-state index contributed by atoms with van der Waals surface area (Å²) in [7, 11) is 0. The van der Waals surface area contributed by atoms with Crippen molar-refractivity contribution in [2.75, 3.05) is 6.61 Å². The molecule has 1 aliphatic heterocycles. The van der Waals surface area contributed by atoms with E-state index in [9.17, 15) is 4.79 Å². The lowest BCUT2D eigenvalue weighted by Crippen LogP contribution is -2.18. The molecule has 0 spiro atoms. The van der Waals surface area contributed by atoms with Crippen molar-refractivity contribution in [1.29, 1.82) is 0 Å². The van der Waals surface area contributed by atoms with E-state index in [1.165, 1.54) is 12.8 Å². The Kier molecular flexibility index (Phi) is 3.80. The van der Waals surface area contributed by atoms with Gasteiger partial charge in [0.05, 0.1) is 12.5 Å². The molecule has 5 nitrogen and oxygen atoms in total. The minimum atomic E-state index is -0.0177. The van der Waals surface area contributed by atoms with Crippen LogP contribution < -0.4 is 0 Å². The van der Waals surface area contributed by atoms with Gasteiger partial charge in [0.15, 0.2) is 0 Å². The number of carbonyl (C=O) groups excluding carboxylic acids is 1. The zero-order chi connectivity index (χ0) is 13.1. The minimum Gasteiger partial charge on any atom is -0.465 e. The van der Waals surface area contributed by atoms with Crippen LogP contribution >= 0.6 is 0 Å². The molecule has 0 atom stereocenters. The maximum absolute atomic E-state index is 11.8. The van der Waals surface area contributed by atoms with Crippen molar-refractivity contribution in [3.8, 4) is 0 Å². The van der Waals surface area contributed by atoms with Gasteiger partial charge < -0.3 is 9.30 Å². The number of ether oxygens (including phenoxy) is 1. The zero-order valence-corrected chi connectivity index (χ0v) is 11.3. The predicted molar refractivity (Wildman–Crippen MR) is 69.6 cm³/mol. The second kappa shape index (κ2) is 5.72. The first-order chi connectivity index (χ1) is 9.34. The molecule has 0 amide bonds. The number of aryl methyl sites for hydroxylation is 1. The Morgan fingerprint density at radius 2 is 2.05 bits per heavy atom. The molecule has 0 unspecified atom stereocenters. The summed E-state index contributed by atoms with van der Waals surface area (Å²) in [5.74, 6) is 2.18.